The molecule has 1 N–H and O–H groups in total. The average molecular weight is 267 g/mol. The number of ether oxygens (including phenoxy) is 1. The van der Waals surface area contributed by atoms with E-state index in [4.69, 9.17) is 0 Å². The van der Waals surface area contributed by atoms with Gasteiger partial charge in [-0.25, -0.2) is 0 Å². The lowest BCUT2D eigenvalue weighted by atomic mass is 10.2. The van der Waals surface area contributed by atoms with E-state index < -0.39 is 25.1 Å². The van der Waals surface area contributed by atoms with E-state index in [0.29, 0.717) is 6.54 Å². The monoisotopic (exact) mass is 267 g/mol. The van der Waals surface area contributed by atoms with Gasteiger partial charge in [0.15, 0.2) is 0 Å². The van der Waals surface area contributed by atoms with E-state index in [9.17, 15) is 26.3 Å². The summed E-state index contributed by atoms with van der Waals surface area (Å²) in [5.74, 6) is 0.260. The number of halogens is 6. The lowest BCUT2D eigenvalue weighted by Crippen LogP contribution is -2.45. The topological polar surface area (TPSA) is 21.3 Å². The van der Waals surface area contributed by atoms with Gasteiger partial charge in [-0.3, -0.25) is 0 Å². The van der Waals surface area contributed by atoms with Gasteiger partial charge in [-0.2, -0.15) is 26.3 Å². The molecule has 104 valence electrons. The first-order valence-corrected chi connectivity index (χ1v) is 5.01. The molecular weight excluding hydrogens is 252 g/mol. The summed E-state index contributed by atoms with van der Waals surface area (Å²) in [6.07, 6.45) is -14.6. The van der Waals surface area contributed by atoms with Crippen molar-refractivity contribution in [2.24, 2.45) is 5.92 Å². The first-order valence-electron chi connectivity index (χ1n) is 5.01. The minimum Gasteiger partial charge on any atom is -0.360 e. The molecule has 0 aromatic rings. The van der Waals surface area contributed by atoms with E-state index in [1.165, 1.54) is 0 Å². The maximum absolute atomic E-state index is 12.0. The summed E-state index contributed by atoms with van der Waals surface area (Å²) in [6, 6.07) is 0. The van der Waals surface area contributed by atoms with E-state index in [1.807, 2.05) is 13.8 Å². The third-order valence-corrected chi connectivity index (χ3v) is 1.71. The molecule has 0 aromatic heterocycles. The Bertz CT molecular complexity index is 199. The Labute approximate surface area is 95.3 Å². The Morgan fingerprint density at radius 3 is 1.82 bits per heavy atom. The predicted molar refractivity (Wildman–Crippen MR) is 49.6 cm³/mol. The van der Waals surface area contributed by atoms with Gasteiger partial charge < -0.3 is 10.1 Å². The van der Waals surface area contributed by atoms with Crippen LogP contribution in [-0.2, 0) is 4.74 Å². The summed E-state index contributed by atoms with van der Waals surface area (Å²) in [6.45, 7) is 3.54. The standard InChI is InChI=1S/C9H15F6NO/c1-6(2)5-16-3-4-17-7(8(10,11)12)9(13,14)15/h6-7,16H,3-5H2,1-2H3. The van der Waals surface area contributed by atoms with Gasteiger partial charge >= 0.3 is 12.4 Å². The maximum atomic E-state index is 12.0. The van der Waals surface area contributed by atoms with Crippen molar-refractivity contribution in [3.63, 3.8) is 0 Å². The molecule has 0 radical (unpaired) electrons. The van der Waals surface area contributed by atoms with Crippen molar-refractivity contribution >= 4 is 0 Å². The van der Waals surface area contributed by atoms with E-state index in [-0.39, 0.29) is 12.5 Å². The first-order chi connectivity index (χ1) is 7.55. The predicted octanol–water partition coefficient (Wildman–Crippen LogP) is 2.74. The van der Waals surface area contributed by atoms with Crippen molar-refractivity contribution in [3.8, 4) is 0 Å². The normalized spacial score (nSPS) is 13.8. The van der Waals surface area contributed by atoms with Crippen LogP contribution in [0.3, 0.4) is 0 Å². The summed E-state index contributed by atoms with van der Waals surface area (Å²) < 4.78 is 75.8. The average Bonchev–Trinajstić information content (AvgIpc) is 2.05. The highest BCUT2D eigenvalue weighted by Gasteiger charge is 2.57. The summed E-state index contributed by atoms with van der Waals surface area (Å²) in [4.78, 5) is 0. The second kappa shape index (κ2) is 6.44. The van der Waals surface area contributed by atoms with Crippen LogP contribution < -0.4 is 5.32 Å². The van der Waals surface area contributed by atoms with E-state index in [2.05, 4.69) is 10.1 Å². The second-order valence-corrected chi connectivity index (χ2v) is 3.93. The van der Waals surface area contributed by atoms with Crippen LogP contribution >= 0.6 is 0 Å². The highest BCUT2D eigenvalue weighted by molar-refractivity contribution is 4.76. The molecule has 2 nitrogen and oxygen atoms in total. The largest absolute Gasteiger partial charge is 0.423 e. The minimum absolute atomic E-state index is 0.0547. The second-order valence-electron chi connectivity index (χ2n) is 3.93. The number of hydrogen-bond donors (Lipinski definition) is 1. The number of nitrogens with one attached hydrogen (secondary N) is 1. The Kier molecular flexibility index (Phi) is 6.25. The van der Waals surface area contributed by atoms with Crippen LogP contribution in [0.15, 0.2) is 0 Å². The van der Waals surface area contributed by atoms with E-state index in [0.717, 1.165) is 0 Å². The van der Waals surface area contributed by atoms with Gasteiger partial charge in [-0.05, 0) is 12.5 Å². The Hall–Kier alpha value is -0.500. The van der Waals surface area contributed by atoms with Gasteiger partial charge in [0.05, 0.1) is 6.61 Å². The van der Waals surface area contributed by atoms with Crippen LogP contribution in [0, 0.1) is 5.92 Å². The van der Waals surface area contributed by atoms with Crippen molar-refractivity contribution in [2.75, 3.05) is 19.7 Å². The van der Waals surface area contributed by atoms with E-state index in [1.54, 1.807) is 0 Å². The first kappa shape index (κ1) is 16.5. The van der Waals surface area contributed by atoms with Crippen molar-refractivity contribution in [1.82, 2.24) is 5.32 Å². The summed E-state index contributed by atoms with van der Waals surface area (Å²) >= 11 is 0. The fourth-order valence-corrected chi connectivity index (χ4v) is 1.01. The lowest BCUT2D eigenvalue weighted by molar-refractivity contribution is -0.321. The maximum Gasteiger partial charge on any atom is 0.423 e. The number of hydrogen-bond acceptors (Lipinski definition) is 2. The van der Waals surface area contributed by atoms with Crippen LogP contribution in [0.5, 0.6) is 0 Å². The van der Waals surface area contributed by atoms with Gasteiger partial charge in [-0.1, -0.05) is 13.8 Å². The lowest BCUT2D eigenvalue weighted by Gasteiger charge is -2.23. The summed E-state index contributed by atoms with van der Waals surface area (Å²) in [5.41, 5.74) is 0. The zero-order valence-electron chi connectivity index (χ0n) is 9.45. The van der Waals surface area contributed by atoms with Crippen LogP contribution in [0.2, 0.25) is 0 Å². The third-order valence-electron chi connectivity index (χ3n) is 1.71. The molecule has 0 bridgehead atoms. The Balaban J connectivity index is 4.04. The van der Waals surface area contributed by atoms with Crippen LogP contribution in [-0.4, -0.2) is 38.2 Å². The molecule has 0 aromatic carbocycles. The fourth-order valence-electron chi connectivity index (χ4n) is 1.01. The molecule has 0 atom stereocenters. The molecule has 0 aliphatic heterocycles. The molecule has 0 fully saturated rings. The molecular formula is C9H15F6NO. The molecule has 8 heteroatoms. The number of alkyl halides is 6. The molecule has 0 saturated heterocycles. The highest BCUT2D eigenvalue weighted by atomic mass is 19.4. The van der Waals surface area contributed by atoms with Crippen LogP contribution in [0.25, 0.3) is 0 Å². The van der Waals surface area contributed by atoms with Crippen LogP contribution in [0.4, 0.5) is 26.3 Å². The van der Waals surface area contributed by atoms with Crippen LogP contribution in [0.1, 0.15) is 13.8 Å². The van der Waals surface area contributed by atoms with Gasteiger partial charge in [0.2, 0.25) is 6.10 Å². The van der Waals surface area contributed by atoms with Crippen molar-refractivity contribution in [2.45, 2.75) is 32.3 Å². The minimum atomic E-state index is -5.43. The van der Waals surface area contributed by atoms with Crippen molar-refractivity contribution in [1.29, 1.82) is 0 Å². The summed E-state index contributed by atoms with van der Waals surface area (Å²) in [5, 5.41) is 2.68. The van der Waals surface area contributed by atoms with Gasteiger partial charge in [0.1, 0.15) is 0 Å². The molecule has 0 rings (SSSR count). The molecule has 0 unspecified atom stereocenters. The fraction of sp³-hybridized carbons (Fsp3) is 1.00. The number of rotatable bonds is 6. The molecule has 17 heavy (non-hydrogen) atoms. The Morgan fingerprint density at radius 1 is 1.00 bits per heavy atom. The van der Waals surface area contributed by atoms with Gasteiger partial charge in [0, 0.05) is 6.54 Å². The van der Waals surface area contributed by atoms with Gasteiger partial charge in [-0.15, -0.1) is 0 Å². The Morgan fingerprint density at radius 2 is 1.47 bits per heavy atom. The smallest absolute Gasteiger partial charge is 0.360 e. The molecule has 0 saturated carbocycles. The van der Waals surface area contributed by atoms with E-state index >= 15 is 0 Å². The highest BCUT2D eigenvalue weighted by Crippen LogP contribution is 2.35. The molecule has 0 aliphatic carbocycles. The third kappa shape index (κ3) is 7.43. The summed E-state index contributed by atoms with van der Waals surface area (Å²) in [7, 11) is 0. The molecule has 0 aliphatic rings. The molecule has 0 amide bonds. The SMILES string of the molecule is CC(C)CNCCOC(C(F)(F)F)C(F)(F)F. The van der Waals surface area contributed by atoms with Crippen molar-refractivity contribution in [3.05, 3.63) is 0 Å². The van der Waals surface area contributed by atoms with Crippen molar-refractivity contribution < 1.29 is 31.1 Å². The quantitative estimate of drug-likeness (QED) is 0.590. The molecule has 0 heterocycles. The zero-order valence-corrected chi connectivity index (χ0v) is 9.45. The van der Waals surface area contributed by atoms with Gasteiger partial charge in [0.25, 0.3) is 0 Å². The molecule has 0 spiro atoms. The zero-order chi connectivity index (χ0) is 13.7.